The molecule has 0 saturated heterocycles. The highest BCUT2D eigenvalue weighted by Crippen LogP contribution is 2.16. The maximum absolute atomic E-state index is 13.4. The van der Waals surface area contributed by atoms with E-state index in [1.54, 1.807) is 0 Å². The Hall–Kier alpha value is -1.75. The van der Waals surface area contributed by atoms with E-state index in [1.807, 2.05) is 24.3 Å². The number of amides is 1. The Balaban J connectivity index is 2.10. The number of halogens is 3. The summed E-state index contributed by atoms with van der Waals surface area (Å²) in [4.78, 5) is 11.8. The van der Waals surface area contributed by atoms with Crippen LogP contribution in [0.2, 0.25) is 0 Å². The van der Waals surface area contributed by atoms with E-state index in [-0.39, 0.29) is 12.1 Å². The minimum Gasteiger partial charge on any atom is -0.348 e. The molecule has 2 nitrogen and oxygen atoms in total. The van der Waals surface area contributed by atoms with Crippen LogP contribution in [0.3, 0.4) is 0 Å². The predicted molar refractivity (Wildman–Crippen MR) is 71.7 cm³/mol. The lowest BCUT2D eigenvalue weighted by atomic mass is 10.1. The van der Waals surface area contributed by atoms with Crippen molar-refractivity contribution in [2.75, 3.05) is 0 Å². The molecule has 0 saturated carbocycles. The molecule has 0 unspecified atom stereocenters. The number of rotatable bonds is 3. The van der Waals surface area contributed by atoms with Crippen LogP contribution in [-0.4, -0.2) is 5.91 Å². The number of hydrogen-bond acceptors (Lipinski definition) is 1. The van der Waals surface area contributed by atoms with Crippen LogP contribution in [0.15, 0.2) is 46.9 Å². The van der Waals surface area contributed by atoms with Gasteiger partial charge in [0.2, 0.25) is 0 Å². The number of hydrogen-bond donors (Lipinski definition) is 1. The van der Waals surface area contributed by atoms with Gasteiger partial charge in [-0.15, -0.1) is 0 Å². The number of benzene rings is 2. The second-order valence-electron chi connectivity index (χ2n) is 3.90. The molecule has 1 amide bonds. The van der Waals surface area contributed by atoms with Gasteiger partial charge in [-0.2, -0.15) is 0 Å². The molecule has 0 aliphatic carbocycles. The monoisotopic (exact) mass is 325 g/mol. The summed E-state index contributed by atoms with van der Waals surface area (Å²) >= 11 is 3.34. The van der Waals surface area contributed by atoms with Crippen LogP contribution in [-0.2, 0) is 6.54 Å². The van der Waals surface area contributed by atoms with Gasteiger partial charge in [0.1, 0.15) is 11.6 Å². The minimum absolute atomic E-state index is 0.232. The van der Waals surface area contributed by atoms with Crippen LogP contribution in [0.5, 0.6) is 0 Å². The normalized spacial score (nSPS) is 10.3. The molecule has 0 heterocycles. The summed E-state index contributed by atoms with van der Waals surface area (Å²) in [5.41, 5.74) is 0.555. The van der Waals surface area contributed by atoms with Crippen molar-refractivity contribution in [3.8, 4) is 0 Å². The van der Waals surface area contributed by atoms with E-state index >= 15 is 0 Å². The SMILES string of the molecule is O=C(NCc1ccccc1Br)c1cc(F)ccc1F. The van der Waals surface area contributed by atoms with Gasteiger partial charge in [0.25, 0.3) is 5.91 Å². The predicted octanol–water partition coefficient (Wildman–Crippen LogP) is 3.66. The highest BCUT2D eigenvalue weighted by atomic mass is 79.9. The summed E-state index contributed by atoms with van der Waals surface area (Å²) in [5.74, 6) is -2.04. The van der Waals surface area contributed by atoms with Crippen molar-refractivity contribution in [2.24, 2.45) is 0 Å². The quantitative estimate of drug-likeness (QED) is 0.916. The Morgan fingerprint density at radius 3 is 2.63 bits per heavy atom. The van der Waals surface area contributed by atoms with E-state index in [2.05, 4.69) is 21.2 Å². The molecule has 98 valence electrons. The van der Waals surface area contributed by atoms with Crippen molar-refractivity contribution < 1.29 is 13.6 Å². The lowest BCUT2D eigenvalue weighted by molar-refractivity contribution is 0.0946. The number of carbonyl (C=O) groups excluding carboxylic acids is 1. The first-order chi connectivity index (χ1) is 9.08. The third-order valence-corrected chi connectivity index (χ3v) is 3.34. The molecule has 0 aliphatic rings. The van der Waals surface area contributed by atoms with Gasteiger partial charge in [0.05, 0.1) is 5.56 Å². The van der Waals surface area contributed by atoms with Gasteiger partial charge in [-0.3, -0.25) is 4.79 Å². The molecule has 19 heavy (non-hydrogen) atoms. The van der Waals surface area contributed by atoms with E-state index in [0.29, 0.717) is 0 Å². The molecule has 0 fully saturated rings. The van der Waals surface area contributed by atoms with Crippen LogP contribution < -0.4 is 5.32 Å². The molecular weight excluding hydrogens is 316 g/mol. The lowest BCUT2D eigenvalue weighted by Gasteiger charge is -2.07. The topological polar surface area (TPSA) is 29.1 Å². The van der Waals surface area contributed by atoms with Crippen LogP contribution >= 0.6 is 15.9 Å². The number of nitrogens with one attached hydrogen (secondary N) is 1. The maximum Gasteiger partial charge on any atom is 0.254 e. The van der Waals surface area contributed by atoms with Crippen molar-refractivity contribution >= 4 is 21.8 Å². The van der Waals surface area contributed by atoms with Crippen molar-refractivity contribution in [2.45, 2.75) is 6.54 Å². The molecule has 0 aromatic heterocycles. The molecule has 0 aliphatic heterocycles. The van der Waals surface area contributed by atoms with Gasteiger partial charge in [-0.05, 0) is 29.8 Å². The van der Waals surface area contributed by atoms with Gasteiger partial charge in [0, 0.05) is 11.0 Å². The fraction of sp³-hybridized carbons (Fsp3) is 0.0714. The van der Waals surface area contributed by atoms with Gasteiger partial charge in [0.15, 0.2) is 0 Å². The first-order valence-corrected chi connectivity index (χ1v) is 6.34. The smallest absolute Gasteiger partial charge is 0.254 e. The highest BCUT2D eigenvalue weighted by Gasteiger charge is 2.12. The summed E-state index contributed by atoms with van der Waals surface area (Å²) < 4.78 is 27.2. The average molecular weight is 326 g/mol. The summed E-state index contributed by atoms with van der Waals surface area (Å²) in [7, 11) is 0. The summed E-state index contributed by atoms with van der Waals surface area (Å²) in [6.07, 6.45) is 0. The first kappa shape index (κ1) is 13.7. The van der Waals surface area contributed by atoms with E-state index in [1.165, 1.54) is 0 Å². The fourth-order valence-electron chi connectivity index (χ4n) is 1.58. The molecule has 2 rings (SSSR count). The zero-order valence-corrected chi connectivity index (χ0v) is 11.4. The lowest BCUT2D eigenvalue weighted by Crippen LogP contribution is -2.24. The molecule has 0 spiro atoms. The molecule has 0 radical (unpaired) electrons. The van der Waals surface area contributed by atoms with Crippen molar-refractivity contribution in [1.29, 1.82) is 0 Å². The minimum atomic E-state index is -0.744. The standard InChI is InChI=1S/C14H10BrF2NO/c15-12-4-2-1-3-9(12)8-18-14(19)11-7-10(16)5-6-13(11)17/h1-7H,8H2,(H,18,19). The van der Waals surface area contributed by atoms with Crippen LogP contribution in [0.25, 0.3) is 0 Å². The van der Waals surface area contributed by atoms with E-state index in [0.717, 1.165) is 28.2 Å². The summed E-state index contributed by atoms with van der Waals surface area (Å²) in [5, 5.41) is 2.55. The van der Waals surface area contributed by atoms with Gasteiger partial charge in [-0.1, -0.05) is 34.1 Å². The molecule has 0 bridgehead atoms. The van der Waals surface area contributed by atoms with E-state index in [4.69, 9.17) is 0 Å². The Kier molecular flexibility index (Phi) is 4.27. The molecule has 2 aromatic carbocycles. The van der Waals surface area contributed by atoms with Crippen LogP contribution in [0.4, 0.5) is 8.78 Å². The second-order valence-corrected chi connectivity index (χ2v) is 4.75. The largest absolute Gasteiger partial charge is 0.348 e. The van der Waals surface area contributed by atoms with Crippen molar-refractivity contribution in [3.05, 3.63) is 69.7 Å². The molecule has 1 N–H and O–H groups in total. The van der Waals surface area contributed by atoms with Crippen LogP contribution in [0.1, 0.15) is 15.9 Å². The van der Waals surface area contributed by atoms with Crippen molar-refractivity contribution in [1.82, 2.24) is 5.32 Å². The van der Waals surface area contributed by atoms with Gasteiger partial charge in [-0.25, -0.2) is 8.78 Å². The molecule has 2 aromatic rings. The Bertz CT molecular complexity index is 616. The zero-order chi connectivity index (χ0) is 13.8. The van der Waals surface area contributed by atoms with E-state index in [9.17, 15) is 13.6 Å². The zero-order valence-electron chi connectivity index (χ0n) is 9.79. The van der Waals surface area contributed by atoms with Crippen molar-refractivity contribution in [3.63, 3.8) is 0 Å². The third-order valence-electron chi connectivity index (χ3n) is 2.57. The van der Waals surface area contributed by atoms with E-state index < -0.39 is 17.5 Å². The van der Waals surface area contributed by atoms with Crippen LogP contribution in [0, 0.1) is 11.6 Å². The maximum atomic E-state index is 13.4. The summed E-state index contributed by atoms with van der Waals surface area (Å²) in [6, 6.07) is 10.1. The first-order valence-electron chi connectivity index (χ1n) is 5.54. The Morgan fingerprint density at radius 2 is 1.89 bits per heavy atom. The number of carbonyl (C=O) groups is 1. The third kappa shape index (κ3) is 3.38. The molecular formula is C14H10BrF2NO. The fourth-order valence-corrected chi connectivity index (χ4v) is 2.01. The molecule has 5 heteroatoms. The highest BCUT2D eigenvalue weighted by molar-refractivity contribution is 9.10. The second kappa shape index (κ2) is 5.93. The van der Waals surface area contributed by atoms with Gasteiger partial charge >= 0.3 is 0 Å². The summed E-state index contributed by atoms with van der Waals surface area (Å²) in [6.45, 7) is 0.232. The molecule has 0 atom stereocenters. The Morgan fingerprint density at radius 1 is 1.16 bits per heavy atom. The average Bonchev–Trinajstić information content (AvgIpc) is 2.40. The Labute approximate surface area is 117 Å². The van der Waals surface area contributed by atoms with Gasteiger partial charge < -0.3 is 5.32 Å².